The van der Waals surface area contributed by atoms with Gasteiger partial charge in [-0.1, -0.05) is 12.1 Å². The van der Waals surface area contributed by atoms with Crippen molar-refractivity contribution in [2.75, 3.05) is 6.54 Å². The van der Waals surface area contributed by atoms with Crippen LogP contribution in [0.2, 0.25) is 0 Å². The third-order valence-electron chi connectivity index (χ3n) is 6.13. The molecule has 0 N–H and O–H groups in total. The average Bonchev–Trinajstić information content (AvgIpc) is 3.43. The molecule has 2 atom stereocenters. The molecule has 2 aliphatic heterocycles. The summed E-state index contributed by atoms with van der Waals surface area (Å²) in [5.41, 5.74) is 2.18. The van der Waals surface area contributed by atoms with Crippen LogP contribution in [0.4, 0.5) is 0 Å². The van der Waals surface area contributed by atoms with Gasteiger partial charge in [0.05, 0.1) is 17.1 Å². The van der Waals surface area contributed by atoms with Gasteiger partial charge in [-0.05, 0) is 38.3 Å². The zero-order chi connectivity index (χ0) is 18.4. The van der Waals surface area contributed by atoms with Crippen molar-refractivity contribution in [2.45, 2.75) is 51.7 Å². The Bertz CT molecular complexity index is 988. The number of benzene rings is 1. The summed E-state index contributed by atoms with van der Waals surface area (Å²) in [7, 11) is 0. The molecule has 2 unspecified atom stereocenters. The molecule has 1 amide bonds. The Hall–Kier alpha value is -2.63. The van der Waals surface area contributed by atoms with Gasteiger partial charge in [0.15, 0.2) is 0 Å². The van der Waals surface area contributed by atoms with Crippen LogP contribution in [-0.4, -0.2) is 36.5 Å². The number of rotatable bonds is 3. The van der Waals surface area contributed by atoms with Crippen molar-refractivity contribution < 1.29 is 4.79 Å². The van der Waals surface area contributed by atoms with Gasteiger partial charge < -0.3 is 14.0 Å². The second kappa shape index (κ2) is 6.51. The fourth-order valence-electron chi connectivity index (χ4n) is 4.78. The van der Waals surface area contributed by atoms with Gasteiger partial charge in [0.1, 0.15) is 11.6 Å². The second-order valence-electron chi connectivity index (χ2n) is 7.62. The molecular weight excluding hydrogens is 338 g/mol. The molecule has 3 aromatic rings. The van der Waals surface area contributed by atoms with Crippen molar-refractivity contribution in [3.63, 3.8) is 0 Å². The third kappa shape index (κ3) is 2.66. The van der Waals surface area contributed by atoms with Gasteiger partial charge in [0, 0.05) is 44.4 Å². The van der Waals surface area contributed by atoms with Crippen LogP contribution in [-0.2, 0) is 24.3 Å². The average molecular weight is 363 g/mol. The first-order chi connectivity index (χ1) is 13.3. The van der Waals surface area contributed by atoms with Crippen molar-refractivity contribution in [3.05, 3.63) is 48.3 Å². The molecule has 0 aliphatic carbocycles. The van der Waals surface area contributed by atoms with Gasteiger partial charge in [0.25, 0.3) is 0 Å². The lowest BCUT2D eigenvalue weighted by atomic mass is 9.96. The summed E-state index contributed by atoms with van der Waals surface area (Å²) in [4.78, 5) is 24.8. The van der Waals surface area contributed by atoms with E-state index in [4.69, 9.17) is 4.98 Å². The Balaban J connectivity index is 1.45. The minimum absolute atomic E-state index is 0.0416. The minimum atomic E-state index is 0.0416. The van der Waals surface area contributed by atoms with E-state index in [9.17, 15) is 4.79 Å². The fraction of sp³-hybridized carbons (Fsp3) is 0.476. The summed E-state index contributed by atoms with van der Waals surface area (Å²) in [6.07, 6.45) is 7.54. The number of hydrogen-bond donors (Lipinski definition) is 0. The molecule has 6 nitrogen and oxygen atoms in total. The Morgan fingerprint density at radius 1 is 1.22 bits per heavy atom. The van der Waals surface area contributed by atoms with E-state index in [2.05, 4.69) is 44.1 Å². The van der Waals surface area contributed by atoms with E-state index >= 15 is 0 Å². The van der Waals surface area contributed by atoms with Crippen LogP contribution < -0.4 is 0 Å². The summed E-state index contributed by atoms with van der Waals surface area (Å²) in [5.74, 6) is 2.40. The normalized spacial score (nSPS) is 22.3. The molecule has 0 saturated carbocycles. The van der Waals surface area contributed by atoms with E-state index in [-0.39, 0.29) is 17.9 Å². The number of amides is 1. The number of nitrogens with zero attached hydrogens (tertiary/aromatic N) is 5. The van der Waals surface area contributed by atoms with Crippen molar-refractivity contribution in [2.24, 2.45) is 5.92 Å². The first-order valence-electron chi connectivity index (χ1n) is 10.0. The molecule has 1 aromatic carbocycles. The summed E-state index contributed by atoms with van der Waals surface area (Å²) in [5, 5.41) is 0. The number of imidazole rings is 2. The molecule has 6 heteroatoms. The van der Waals surface area contributed by atoms with Crippen LogP contribution >= 0.6 is 0 Å². The SMILES string of the molecule is CCn1c(C2CCCN2C(=O)C2CCn3ccnc3C2)nc2ccccc21. The maximum atomic E-state index is 13.4. The Labute approximate surface area is 158 Å². The zero-order valence-electron chi connectivity index (χ0n) is 15.7. The summed E-state index contributed by atoms with van der Waals surface area (Å²) >= 11 is 0. The zero-order valence-corrected chi connectivity index (χ0v) is 15.7. The summed E-state index contributed by atoms with van der Waals surface area (Å²) in [6, 6.07) is 8.36. The number of carbonyl (C=O) groups is 1. The molecule has 4 heterocycles. The lowest BCUT2D eigenvalue weighted by molar-refractivity contribution is -0.137. The highest BCUT2D eigenvalue weighted by molar-refractivity contribution is 5.80. The number of para-hydroxylation sites is 2. The first kappa shape index (κ1) is 16.5. The molecular formula is C21H25N5O. The topological polar surface area (TPSA) is 56.0 Å². The number of aromatic nitrogens is 4. The Kier molecular flexibility index (Phi) is 3.99. The highest BCUT2D eigenvalue weighted by atomic mass is 16.2. The lowest BCUT2D eigenvalue weighted by Crippen LogP contribution is -2.39. The number of aryl methyl sites for hydroxylation is 2. The molecule has 0 bridgehead atoms. The van der Waals surface area contributed by atoms with Gasteiger partial charge in [-0.2, -0.15) is 0 Å². The van der Waals surface area contributed by atoms with Gasteiger partial charge in [-0.15, -0.1) is 0 Å². The molecule has 0 radical (unpaired) electrons. The lowest BCUT2D eigenvalue weighted by Gasteiger charge is -2.31. The maximum Gasteiger partial charge on any atom is 0.226 e. The maximum absolute atomic E-state index is 13.4. The van der Waals surface area contributed by atoms with Crippen molar-refractivity contribution in [1.29, 1.82) is 0 Å². The van der Waals surface area contributed by atoms with E-state index in [1.165, 1.54) is 0 Å². The van der Waals surface area contributed by atoms with Crippen molar-refractivity contribution >= 4 is 16.9 Å². The molecule has 2 aliphatic rings. The molecule has 27 heavy (non-hydrogen) atoms. The smallest absolute Gasteiger partial charge is 0.226 e. The molecule has 2 aromatic heterocycles. The van der Waals surface area contributed by atoms with Crippen LogP contribution in [0, 0.1) is 5.92 Å². The Morgan fingerprint density at radius 2 is 2.11 bits per heavy atom. The van der Waals surface area contributed by atoms with Crippen molar-refractivity contribution in [1.82, 2.24) is 24.0 Å². The van der Waals surface area contributed by atoms with Crippen LogP contribution in [0.3, 0.4) is 0 Å². The van der Waals surface area contributed by atoms with Crippen molar-refractivity contribution in [3.8, 4) is 0 Å². The summed E-state index contributed by atoms with van der Waals surface area (Å²) < 4.78 is 4.45. The van der Waals surface area contributed by atoms with Crippen LogP contribution in [0.15, 0.2) is 36.7 Å². The van der Waals surface area contributed by atoms with Crippen LogP contribution in [0.1, 0.15) is 43.9 Å². The second-order valence-corrected chi connectivity index (χ2v) is 7.62. The highest BCUT2D eigenvalue weighted by Gasteiger charge is 2.37. The molecule has 5 rings (SSSR count). The van der Waals surface area contributed by atoms with Crippen LogP contribution in [0.25, 0.3) is 11.0 Å². The fourth-order valence-corrected chi connectivity index (χ4v) is 4.78. The van der Waals surface area contributed by atoms with Gasteiger partial charge >= 0.3 is 0 Å². The highest BCUT2D eigenvalue weighted by Crippen LogP contribution is 2.35. The monoisotopic (exact) mass is 363 g/mol. The van der Waals surface area contributed by atoms with E-state index in [0.717, 1.165) is 68.0 Å². The molecule has 1 saturated heterocycles. The minimum Gasteiger partial charge on any atom is -0.335 e. The van der Waals surface area contributed by atoms with E-state index in [0.29, 0.717) is 0 Å². The van der Waals surface area contributed by atoms with Gasteiger partial charge in [-0.25, -0.2) is 9.97 Å². The number of fused-ring (bicyclic) bond motifs is 2. The van der Waals surface area contributed by atoms with E-state index in [1.54, 1.807) is 0 Å². The van der Waals surface area contributed by atoms with E-state index < -0.39 is 0 Å². The number of carbonyl (C=O) groups excluding carboxylic acids is 1. The largest absolute Gasteiger partial charge is 0.335 e. The number of likely N-dealkylation sites (tertiary alicyclic amines) is 1. The van der Waals surface area contributed by atoms with Gasteiger partial charge in [-0.3, -0.25) is 4.79 Å². The summed E-state index contributed by atoms with van der Waals surface area (Å²) in [6.45, 7) is 4.74. The standard InChI is InChI=1S/C21H25N5O/c1-2-25-17-7-4-3-6-16(17)23-20(25)18-8-5-11-26(18)21(27)15-9-12-24-13-10-22-19(24)14-15/h3-4,6-7,10,13,15,18H,2,5,8-9,11-12,14H2,1H3. The molecule has 1 fully saturated rings. The van der Waals surface area contributed by atoms with Crippen LogP contribution in [0.5, 0.6) is 0 Å². The van der Waals surface area contributed by atoms with E-state index in [1.807, 2.05) is 18.5 Å². The number of hydrogen-bond acceptors (Lipinski definition) is 3. The Morgan fingerprint density at radius 3 is 3.00 bits per heavy atom. The predicted octanol–water partition coefficient (Wildman–Crippen LogP) is 3.18. The molecule has 0 spiro atoms. The predicted molar refractivity (Wildman–Crippen MR) is 103 cm³/mol. The quantitative estimate of drug-likeness (QED) is 0.718. The van der Waals surface area contributed by atoms with Gasteiger partial charge in [0.2, 0.25) is 5.91 Å². The third-order valence-corrected chi connectivity index (χ3v) is 6.13. The first-order valence-corrected chi connectivity index (χ1v) is 10.0. The molecule has 140 valence electrons.